The number of hydrogen-bond acceptors (Lipinski definition) is 2. The van der Waals surface area contributed by atoms with Gasteiger partial charge in [0.15, 0.2) is 0 Å². The number of nitrogens with one attached hydrogen (secondary N) is 1. The molecule has 3 fully saturated rings. The molecule has 4 heteroatoms. The molecule has 3 aliphatic heterocycles. The number of aryl methyl sites for hydroxylation is 1. The summed E-state index contributed by atoms with van der Waals surface area (Å²) in [5, 5.41) is 3.44. The Bertz CT molecular complexity index is 922. The van der Waals surface area contributed by atoms with Gasteiger partial charge in [-0.1, -0.05) is 30.3 Å². The molecule has 158 valence electrons. The predicted octanol–water partition coefficient (Wildman–Crippen LogP) is 4.84. The summed E-state index contributed by atoms with van der Waals surface area (Å²) in [5.74, 6) is 1.13. The molecule has 0 saturated carbocycles. The van der Waals surface area contributed by atoms with Gasteiger partial charge in [0.2, 0.25) is 0 Å². The van der Waals surface area contributed by atoms with Crippen molar-refractivity contribution in [2.75, 3.05) is 13.1 Å². The van der Waals surface area contributed by atoms with Gasteiger partial charge < -0.3 is 10.2 Å². The Morgan fingerprint density at radius 3 is 2.57 bits per heavy atom. The fraction of sp³-hybridized carbons (Fsp3) is 0.500. The number of rotatable bonds is 4. The summed E-state index contributed by atoms with van der Waals surface area (Å²) in [7, 11) is 0. The van der Waals surface area contributed by atoms with Gasteiger partial charge in [0.25, 0.3) is 5.91 Å². The largest absolute Gasteiger partial charge is 0.333 e. The summed E-state index contributed by atoms with van der Waals surface area (Å²) in [6.45, 7) is 3.97. The molecule has 1 amide bonds. The minimum Gasteiger partial charge on any atom is -0.333 e. The highest BCUT2D eigenvalue weighted by atomic mass is 19.1. The van der Waals surface area contributed by atoms with Crippen LogP contribution in [0, 0.1) is 18.7 Å². The Balaban J connectivity index is 1.35. The van der Waals surface area contributed by atoms with E-state index in [4.69, 9.17) is 0 Å². The van der Waals surface area contributed by atoms with Gasteiger partial charge in [0.1, 0.15) is 5.82 Å². The van der Waals surface area contributed by atoms with E-state index in [0.29, 0.717) is 29.5 Å². The van der Waals surface area contributed by atoms with Gasteiger partial charge in [0, 0.05) is 17.6 Å². The van der Waals surface area contributed by atoms with Crippen LogP contribution >= 0.6 is 0 Å². The summed E-state index contributed by atoms with van der Waals surface area (Å²) < 4.78 is 13.7. The molecule has 3 heterocycles. The maximum absolute atomic E-state index is 13.7. The molecule has 3 nitrogen and oxygen atoms in total. The molecular weight excluding hydrogens is 375 g/mol. The van der Waals surface area contributed by atoms with Crippen LogP contribution in [0.1, 0.15) is 65.1 Å². The average molecular weight is 407 g/mol. The third-order valence-electron chi connectivity index (χ3n) is 7.54. The van der Waals surface area contributed by atoms with E-state index in [0.717, 1.165) is 50.8 Å². The lowest BCUT2D eigenvalue weighted by Gasteiger charge is -2.39. The molecule has 0 radical (unpaired) electrons. The van der Waals surface area contributed by atoms with Gasteiger partial charge in [-0.05, 0) is 99.2 Å². The van der Waals surface area contributed by atoms with Crippen molar-refractivity contribution in [1.29, 1.82) is 0 Å². The first-order valence-electron chi connectivity index (χ1n) is 11.5. The Morgan fingerprint density at radius 1 is 1.10 bits per heavy atom. The van der Waals surface area contributed by atoms with E-state index < -0.39 is 0 Å². The molecule has 0 aromatic heterocycles. The minimum absolute atomic E-state index is 0.136. The lowest BCUT2D eigenvalue weighted by molar-refractivity contribution is 0.0570. The fourth-order valence-electron chi connectivity index (χ4n) is 5.95. The highest BCUT2D eigenvalue weighted by Crippen LogP contribution is 2.44. The van der Waals surface area contributed by atoms with Crippen molar-refractivity contribution in [2.45, 2.75) is 63.5 Å². The van der Waals surface area contributed by atoms with Crippen molar-refractivity contribution in [3.8, 4) is 0 Å². The molecule has 2 bridgehead atoms. The van der Waals surface area contributed by atoms with Crippen molar-refractivity contribution in [3.63, 3.8) is 0 Å². The number of piperidine rings is 1. The second-order valence-corrected chi connectivity index (χ2v) is 9.49. The van der Waals surface area contributed by atoms with E-state index >= 15 is 0 Å². The number of halogens is 1. The van der Waals surface area contributed by atoms with Crippen molar-refractivity contribution < 1.29 is 9.18 Å². The Morgan fingerprint density at radius 2 is 1.87 bits per heavy atom. The van der Waals surface area contributed by atoms with Gasteiger partial charge in [-0.3, -0.25) is 4.79 Å². The molecule has 30 heavy (non-hydrogen) atoms. The first-order chi connectivity index (χ1) is 14.6. The fourth-order valence-corrected chi connectivity index (χ4v) is 5.95. The summed E-state index contributed by atoms with van der Waals surface area (Å²) >= 11 is 0. The highest BCUT2D eigenvalue weighted by Gasteiger charge is 2.44. The predicted molar refractivity (Wildman–Crippen MR) is 117 cm³/mol. The van der Waals surface area contributed by atoms with Crippen LogP contribution in [0.4, 0.5) is 4.39 Å². The summed E-state index contributed by atoms with van der Waals surface area (Å²) in [6, 6.07) is 14.4. The van der Waals surface area contributed by atoms with Crippen LogP contribution in [-0.2, 0) is 6.42 Å². The molecule has 2 unspecified atom stereocenters. The lowest BCUT2D eigenvalue weighted by Crippen LogP contribution is -2.46. The molecule has 3 aliphatic rings. The highest BCUT2D eigenvalue weighted by molar-refractivity contribution is 5.96. The second kappa shape index (κ2) is 8.14. The van der Waals surface area contributed by atoms with E-state index in [2.05, 4.69) is 22.3 Å². The lowest BCUT2D eigenvalue weighted by atomic mass is 9.84. The first kappa shape index (κ1) is 19.7. The number of nitrogens with zero attached hydrogens (tertiary/aromatic N) is 1. The Labute approximate surface area is 178 Å². The van der Waals surface area contributed by atoms with Crippen LogP contribution in [0.15, 0.2) is 42.5 Å². The van der Waals surface area contributed by atoms with Crippen LogP contribution in [-0.4, -0.2) is 36.0 Å². The number of amides is 1. The van der Waals surface area contributed by atoms with Crippen LogP contribution in [0.5, 0.6) is 0 Å². The SMILES string of the molecule is Cc1cc(C2C[C@H]3CC[C@@H](C2)N3C(=O)c2ccccc2CC2CCNC2)ccc1F. The third kappa shape index (κ3) is 3.66. The number of hydrogen-bond donors (Lipinski definition) is 1. The molecule has 1 N–H and O–H groups in total. The van der Waals surface area contributed by atoms with E-state index in [1.807, 2.05) is 31.2 Å². The average Bonchev–Trinajstić information content (AvgIpc) is 3.35. The van der Waals surface area contributed by atoms with Crippen LogP contribution < -0.4 is 5.32 Å². The van der Waals surface area contributed by atoms with E-state index in [1.54, 1.807) is 6.07 Å². The van der Waals surface area contributed by atoms with Crippen molar-refractivity contribution in [2.24, 2.45) is 5.92 Å². The number of benzene rings is 2. The molecule has 2 aromatic carbocycles. The summed E-state index contributed by atoms with van der Waals surface area (Å²) in [5.41, 5.74) is 4.05. The van der Waals surface area contributed by atoms with Crippen molar-refractivity contribution in [1.82, 2.24) is 10.2 Å². The Kier molecular flexibility index (Phi) is 5.36. The summed E-state index contributed by atoms with van der Waals surface area (Å²) in [6.07, 6.45) is 6.32. The second-order valence-electron chi connectivity index (χ2n) is 9.49. The van der Waals surface area contributed by atoms with Crippen molar-refractivity contribution >= 4 is 5.91 Å². The quantitative estimate of drug-likeness (QED) is 0.788. The zero-order valence-corrected chi connectivity index (χ0v) is 17.7. The molecule has 4 atom stereocenters. The van der Waals surface area contributed by atoms with Crippen molar-refractivity contribution in [3.05, 3.63) is 70.5 Å². The van der Waals surface area contributed by atoms with E-state index in [9.17, 15) is 9.18 Å². The zero-order valence-electron chi connectivity index (χ0n) is 17.7. The third-order valence-corrected chi connectivity index (χ3v) is 7.54. The maximum Gasteiger partial charge on any atom is 0.254 e. The van der Waals surface area contributed by atoms with Crippen LogP contribution in [0.2, 0.25) is 0 Å². The molecule has 0 spiro atoms. The smallest absolute Gasteiger partial charge is 0.254 e. The van der Waals surface area contributed by atoms with E-state index in [1.165, 1.54) is 17.5 Å². The van der Waals surface area contributed by atoms with Crippen LogP contribution in [0.3, 0.4) is 0 Å². The number of carbonyl (C=O) groups is 1. The molecular formula is C26H31FN2O. The monoisotopic (exact) mass is 406 g/mol. The van der Waals surface area contributed by atoms with Gasteiger partial charge in [0.05, 0.1) is 0 Å². The minimum atomic E-state index is -0.136. The zero-order chi connectivity index (χ0) is 20.7. The molecule has 5 rings (SSSR count). The van der Waals surface area contributed by atoms with E-state index in [-0.39, 0.29) is 11.7 Å². The van der Waals surface area contributed by atoms with Crippen LogP contribution in [0.25, 0.3) is 0 Å². The molecule has 0 aliphatic carbocycles. The first-order valence-corrected chi connectivity index (χ1v) is 11.5. The Hall–Kier alpha value is -2.20. The standard InChI is InChI=1S/C26H31FN2O/c1-17-12-19(6-9-25(17)27)21-14-22-7-8-23(15-21)29(22)26(30)24-5-3-2-4-20(24)13-18-10-11-28-16-18/h2-6,9,12,18,21-23,28H,7-8,10-11,13-16H2,1H3/t18?,21?,22-,23+. The number of carbonyl (C=O) groups excluding carboxylic acids is 1. The van der Waals surface area contributed by atoms with Gasteiger partial charge in [-0.25, -0.2) is 4.39 Å². The maximum atomic E-state index is 13.7. The summed E-state index contributed by atoms with van der Waals surface area (Å²) in [4.78, 5) is 15.9. The van der Waals surface area contributed by atoms with Gasteiger partial charge >= 0.3 is 0 Å². The van der Waals surface area contributed by atoms with Gasteiger partial charge in [-0.2, -0.15) is 0 Å². The molecule has 3 saturated heterocycles. The van der Waals surface area contributed by atoms with Gasteiger partial charge in [-0.15, -0.1) is 0 Å². The normalized spacial score (nSPS) is 28.1. The number of fused-ring (bicyclic) bond motifs is 2. The molecule has 2 aromatic rings. The topological polar surface area (TPSA) is 32.3 Å².